The van der Waals surface area contributed by atoms with E-state index >= 15 is 0 Å². The van der Waals surface area contributed by atoms with E-state index in [2.05, 4.69) is 51.9 Å². The molecule has 0 aromatic carbocycles. The molecule has 5 nitrogen and oxygen atoms in total. The Morgan fingerprint density at radius 2 is 2.08 bits per heavy atom. The van der Waals surface area contributed by atoms with E-state index in [1.807, 2.05) is 11.3 Å². The van der Waals surface area contributed by atoms with Gasteiger partial charge in [0.2, 0.25) is 0 Å². The molecule has 7 heteroatoms. The molecule has 1 aromatic heterocycles. The minimum atomic E-state index is 0. The minimum absolute atomic E-state index is 0. The van der Waals surface area contributed by atoms with Crippen LogP contribution < -0.4 is 15.5 Å². The molecule has 0 radical (unpaired) electrons. The van der Waals surface area contributed by atoms with Crippen LogP contribution in [-0.2, 0) is 0 Å². The standard InChI is InChI=1S/C19H33N5S.HI/c1-3-20-19(21-14-16-6-4-10-23(2)15-16)22-17-8-11-24(12-9-17)18-7-5-13-25-18;/h5,7,13,16-17H,3-4,6,8-12,14-15H2,1-2H3,(H2,20,21,22);1H. The van der Waals surface area contributed by atoms with Crippen LogP contribution in [0.1, 0.15) is 32.6 Å². The van der Waals surface area contributed by atoms with Crippen molar-refractivity contribution in [2.45, 2.75) is 38.6 Å². The number of aliphatic imine (C=N–C) groups is 1. The van der Waals surface area contributed by atoms with Gasteiger partial charge >= 0.3 is 0 Å². The summed E-state index contributed by atoms with van der Waals surface area (Å²) in [7, 11) is 2.22. The smallest absolute Gasteiger partial charge is 0.191 e. The number of nitrogens with one attached hydrogen (secondary N) is 2. The Balaban J connectivity index is 0.00000243. The monoisotopic (exact) mass is 491 g/mol. The molecule has 2 aliphatic rings. The van der Waals surface area contributed by atoms with Gasteiger partial charge in [-0.25, -0.2) is 0 Å². The summed E-state index contributed by atoms with van der Waals surface area (Å²) in [5.41, 5.74) is 0. The van der Waals surface area contributed by atoms with Crippen LogP contribution in [0.25, 0.3) is 0 Å². The van der Waals surface area contributed by atoms with E-state index in [4.69, 9.17) is 4.99 Å². The predicted octanol–water partition coefficient (Wildman–Crippen LogP) is 3.23. The van der Waals surface area contributed by atoms with Gasteiger partial charge in [0.25, 0.3) is 0 Å². The highest BCUT2D eigenvalue weighted by Gasteiger charge is 2.21. The van der Waals surface area contributed by atoms with E-state index in [9.17, 15) is 0 Å². The highest BCUT2D eigenvalue weighted by Crippen LogP contribution is 2.24. The van der Waals surface area contributed by atoms with Crippen molar-refractivity contribution >= 4 is 46.3 Å². The van der Waals surface area contributed by atoms with Crippen LogP contribution in [0.3, 0.4) is 0 Å². The van der Waals surface area contributed by atoms with Crippen LogP contribution in [0.4, 0.5) is 5.00 Å². The molecule has 2 fully saturated rings. The average molecular weight is 491 g/mol. The lowest BCUT2D eigenvalue weighted by molar-refractivity contribution is 0.214. The highest BCUT2D eigenvalue weighted by molar-refractivity contribution is 14.0. The summed E-state index contributed by atoms with van der Waals surface area (Å²) in [6.07, 6.45) is 4.97. The number of piperidine rings is 2. The Labute approximate surface area is 179 Å². The molecule has 1 aromatic rings. The molecule has 3 rings (SSSR count). The van der Waals surface area contributed by atoms with Gasteiger partial charge in [-0.3, -0.25) is 4.99 Å². The van der Waals surface area contributed by atoms with Gasteiger partial charge in [0.1, 0.15) is 0 Å². The summed E-state index contributed by atoms with van der Waals surface area (Å²) in [4.78, 5) is 9.83. The van der Waals surface area contributed by atoms with E-state index in [0.29, 0.717) is 12.0 Å². The molecule has 3 heterocycles. The molecular weight excluding hydrogens is 457 g/mol. The second kappa shape index (κ2) is 11.3. The molecule has 0 aliphatic carbocycles. The fourth-order valence-electron chi connectivity index (χ4n) is 3.85. The summed E-state index contributed by atoms with van der Waals surface area (Å²) in [6, 6.07) is 4.90. The molecule has 2 N–H and O–H groups in total. The van der Waals surface area contributed by atoms with Crippen LogP contribution >= 0.6 is 35.3 Å². The van der Waals surface area contributed by atoms with E-state index in [1.165, 1.54) is 43.8 Å². The van der Waals surface area contributed by atoms with Gasteiger partial charge in [0, 0.05) is 38.8 Å². The lowest BCUT2D eigenvalue weighted by Gasteiger charge is -2.34. The Bertz CT molecular complexity index is 528. The van der Waals surface area contributed by atoms with Crippen LogP contribution in [0, 0.1) is 5.92 Å². The zero-order valence-electron chi connectivity index (χ0n) is 16.1. The summed E-state index contributed by atoms with van der Waals surface area (Å²) >= 11 is 1.84. The van der Waals surface area contributed by atoms with Crippen LogP contribution in [0.5, 0.6) is 0 Å². The summed E-state index contributed by atoms with van der Waals surface area (Å²) in [5, 5.41) is 10.7. The Morgan fingerprint density at radius 3 is 2.73 bits per heavy atom. The number of hydrogen-bond donors (Lipinski definition) is 2. The van der Waals surface area contributed by atoms with Crippen molar-refractivity contribution in [1.29, 1.82) is 0 Å². The van der Waals surface area contributed by atoms with Crippen molar-refractivity contribution in [3.63, 3.8) is 0 Å². The molecule has 0 saturated carbocycles. The number of halogens is 1. The molecule has 2 aliphatic heterocycles. The zero-order valence-corrected chi connectivity index (χ0v) is 19.3. The van der Waals surface area contributed by atoms with Gasteiger partial charge in [-0.2, -0.15) is 0 Å². The molecule has 1 unspecified atom stereocenters. The van der Waals surface area contributed by atoms with Gasteiger partial charge in [0.15, 0.2) is 5.96 Å². The maximum Gasteiger partial charge on any atom is 0.191 e. The normalized spacial score (nSPS) is 22.8. The van der Waals surface area contributed by atoms with E-state index in [1.54, 1.807) is 0 Å². The predicted molar refractivity (Wildman–Crippen MR) is 124 cm³/mol. The van der Waals surface area contributed by atoms with Crippen LogP contribution in [0.2, 0.25) is 0 Å². The van der Waals surface area contributed by atoms with Crippen molar-refractivity contribution in [1.82, 2.24) is 15.5 Å². The van der Waals surface area contributed by atoms with E-state index in [0.717, 1.165) is 32.1 Å². The van der Waals surface area contributed by atoms with Crippen molar-refractivity contribution in [2.24, 2.45) is 10.9 Å². The van der Waals surface area contributed by atoms with Gasteiger partial charge in [-0.1, -0.05) is 0 Å². The SMILES string of the molecule is CCNC(=NCC1CCCN(C)C1)NC1CCN(c2cccs2)CC1.I. The number of likely N-dealkylation sites (tertiary alicyclic amines) is 1. The number of hydrogen-bond acceptors (Lipinski definition) is 4. The Hall–Kier alpha value is -0.540. The van der Waals surface area contributed by atoms with Crippen molar-refractivity contribution in [2.75, 3.05) is 51.2 Å². The fraction of sp³-hybridized carbons (Fsp3) is 0.737. The van der Waals surface area contributed by atoms with Crippen LogP contribution in [-0.4, -0.2) is 63.2 Å². The van der Waals surface area contributed by atoms with Gasteiger partial charge in [-0.15, -0.1) is 35.3 Å². The first-order valence-electron chi connectivity index (χ1n) is 9.76. The van der Waals surface area contributed by atoms with E-state index < -0.39 is 0 Å². The van der Waals surface area contributed by atoms with Crippen molar-refractivity contribution in [3.05, 3.63) is 17.5 Å². The molecule has 26 heavy (non-hydrogen) atoms. The molecule has 0 bridgehead atoms. The minimum Gasteiger partial charge on any atom is -0.363 e. The molecular formula is C19H34IN5S. The van der Waals surface area contributed by atoms with Gasteiger partial charge < -0.3 is 20.4 Å². The van der Waals surface area contributed by atoms with Gasteiger partial charge in [0.05, 0.1) is 5.00 Å². The molecule has 2 saturated heterocycles. The fourth-order valence-corrected chi connectivity index (χ4v) is 4.64. The number of rotatable bonds is 5. The lowest BCUT2D eigenvalue weighted by atomic mass is 9.99. The molecule has 148 valence electrons. The number of guanidine groups is 1. The highest BCUT2D eigenvalue weighted by atomic mass is 127. The first-order valence-corrected chi connectivity index (χ1v) is 10.6. The third-order valence-corrected chi connectivity index (χ3v) is 6.16. The first kappa shape index (κ1) is 21.8. The Morgan fingerprint density at radius 1 is 1.27 bits per heavy atom. The third kappa shape index (κ3) is 6.56. The molecule has 0 amide bonds. The zero-order chi connectivity index (χ0) is 17.5. The topological polar surface area (TPSA) is 42.9 Å². The lowest BCUT2D eigenvalue weighted by Crippen LogP contribution is -2.49. The average Bonchev–Trinajstić information content (AvgIpc) is 3.15. The summed E-state index contributed by atoms with van der Waals surface area (Å²) < 4.78 is 0. The number of anilines is 1. The summed E-state index contributed by atoms with van der Waals surface area (Å²) in [6.45, 7) is 8.68. The second-order valence-electron chi connectivity index (χ2n) is 7.35. The maximum atomic E-state index is 4.89. The molecule has 1 atom stereocenters. The molecule has 0 spiro atoms. The largest absolute Gasteiger partial charge is 0.363 e. The first-order chi connectivity index (χ1) is 12.2. The third-order valence-electron chi connectivity index (χ3n) is 5.23. The van der Waals surface area contributed by atoms with Crippen molar-refractivity contribution in [3.8, 4) is 0 Å². The Kier molecular flexibility index (Phi) is 9.49. The number of thiophene rings is 1. The second-order valence-corrected chi connectivity index (χ2v) is 8.27. The van der Waals surface area contributed by atoms with Gasteiger partial charge in [-0.05, 0) is 69.6 Å². The van der Waals surface area contributed by atoms with Crippen LogP contribution in [0.15, 0.2) is 22.5 Å². The summed E-state index contributed by atoms with van der Waals surface area (Å²) in [5.74, 6) is 1.71. The van der Waals surface area contributed by atoms with Crippen molar-refractivity contribution < 1.29 is 0 Å². The quantitative estimate of drug-likeness (QED) is 0.377. The number of nitrogens with zero attached hydrogens (tertiary/aromatic N) is 3. The van der Waals surface area contributed by atoms with E-state index in [-0.39, 0.29) is 24.0 Å². The maximum absolute atomic E-state index is 4.89.